The van der Waals surface area contributed by atoms with Gasteiger partial charge in [-0.05, 0) is 81.3 Å². The van der Waals surface area contributed by atoms with E-state index in [-0.39, 0.29) is 0 Å². The molecule has 0 unspecified atom stereocenters. The highest BCUT2D eigenvalue weighted by molar-refractivity contribution is 5.43. The van der Waals surface area contributed by atoms with Gasteiger partial charge in [-0.3, -0.25) is 0 Å². The van der Waals surface area contributed by atoms with E-state index in [1.807, 2.05) is 0 Å². The topological polar surface area (TPSA) is 21.3 Å². The average molecular weight is 247 g/mol. The summed E-state index contributed by atoms with van der Waals surface area (Å²) in [6.07, 6.45) is 5.22. The van der Waals surface area contributed by atoms with Gasteiger partial charge < -0.3 is 10.1 Å². The lowest BCUT2D eigenvalue weighted by Gasteiger charge is -2.23. The van der Waals surface area contributed by atoms with Gasteiger partial charge in [0.2, 0.25) is 0 Å². The molecule has 0 amide bonds. The van der Waals surface area contributed by atoms with Gasteiger partial charge in [-0.2, -0.15) is 0 Å². The normalized spacial score (nSPS) is 16.8. The number of piperidine rings is 1. The maximum atomic E-state index is 5.37. The van der Waals surface area contributed by atoms with Crippen LogP contribution in [0.4, 0.5) is 0 Å². The molecule has 1 N–H and O–H groups in total. The van der Waals surface area contributed by atoms with E-state index in [9.17, 15) is 0 Å². The van der Waals surface area contributed by atoms with Crippen molar-refractivity contribution in [1.29, 1.82) is 0 Å². The molecule has 1 aliphatic heterocycles. The SMILES string of the molecule is COc1ccc(CCC2CCNCC2)c(C)c1C. The second-order valence-electron chi connectivity index (χ2n) is 5.41. The lowest BCUT2D eigenvalue weighted by atomic mass is 9.89. The van der Waals surface area contributed by atoms with E-state index >= 15 is 0 Å². The van der Waals surface area contributed by atoms with Crippen LogP contribution in [0, 0.1) is 19.8 Å². The summed E-state index contributed by atoms with van der Waals surface area (Å²) >= 11 is 0. The van der Waals surface area contributed by atoms with Gasteiger partial charge in [0.25, 0.3) is 0 Å². The predicted molar refractivity (Wildman–Crippen MR) is 76.4 cm³/mol. The largest absolute Gasteiger partial charge is 0.496 e. The Bertz CT molecular complexity index is 394. The molecule has 0 radical (unpaired) electrons. The fourth-order valence-corrected chi connectivity index (χ4v) is 2.87. The highest BCUT2D eigenvalue weighted by Gasteiger charge is 2.14. The zero-order valence-electron chi connectivity index (χ0n) is 11.9. The van der Waals surface area contributed by atoms with Crippen molar-refractivity contribution < 1.29 is 4.74 Å². The van der Waals surface area contributed by atoms with Crippen molar-refractivity contribution in [2.24, 2.45) is 5.92 Å². The van der Waals surface area contributed by atoms with Gasteiger partial charge >= 0.3 is 0 Å². The number of hydrogen-bond donors (Lipinski definition) is 1. The summed E-state index contributed by atoms with van der Waals surface area (Å²) in [7, 11) is 1.75. The van der Waals surface area contributed by atoms with E-state index in [0.29, 0.717) is 0 Å². The van der Waals surface area contributed by atoms with Crippen molar-refractivity contribution in [1.82, 2.24) is 5.32 Å². The van der Waals surface area contributed by atoms with Gasteiger partial charge in [0.15, 0.2) is 0 Å². The summed E-state index contributed by atoms with van der Waals surface area (Å²) in [6.45, 7) is 6.77. The molecule has 1 aliphatic rings. The van der Waals surface area contributed by atoms with E-state index in [0.717, 1.165) is 11.7 Å². The predicted octanol–water partition coefficient (Wildman–Crippen LogP) is 3.24. The van der Waals surface area contributed by atoms with Crippen LogP contribution in [-0.2, 0) is 6.42 Å². The van der Waals surface area contributed by atoms with Gasteiger partial charge in [0.1, 0.15) is 5.75 Å². The number of aryl methyl sites for hydroxylation is 1. The number of methoxy groups -OCH3 is 1. The minimum Gasteiger partial charge on any atom is -0.496 e. The van der Waals surface area contributed by atoms with Crippen molar-refractivity contribution in [3.63, 3.8) is 0 Å². The second-order valence-corrected chi connectivity index (χ2v) is 5.41. The summed E-state index contributed by atoms with van der Waals surface area (Å²) in [6, 6.07) is 4.35. The van der Waals surface area contributed by atoms with Crippen LogP contribution in [0.5, 0.6) is 5.75 Å². The molecule has 1 aromatic carbocycles. The van der Waals surface area contributed by atoms with Crippen LogP contribution >= 0.6 is 0 Å². The Morgan fingerprint density at radius 2 is 1.89 bits per heavy atom. The molecular weight excluding hydrogens is 222 g/mol. The average Bonchev–Trinajstić information content (AvgIpc) is 2.42. The molecule has 2 nitrogen and oxygen atoms in total. The lowest BCUT2D eigenvalue weighted by molar-refractivity contribution is 0.354. The highest BCUT2D eigenvalue weighted by atomic mass is 16.5. The quantitative estimate of drug-likeness (QED) is 0.882. The third kappa shape index (κ3) is 3.05. The monoisotopic (exact) mass is 247 g/mol. The molecule has 100 valence electrons. The van der Waals surface area contributed by atoms with Crippen molar-refractivity contribution in [2.75, 3.05) is 20.2 Å². The summed E-state index contributed by atoms with van der Waals surface area (Å²) < 4.78 is 5.37. The molecular formula is C16H25NO. The second kappa shape index (κ2) is 6.24. The summed E-state index contributed by atoms with van der Waals surface area (Å²) in [5, 5.41) is 3.43. The van der Waals surface area contributed by atoms with Crippen LogP contribution in [0.1, 0.15) is 36.0 Å². The molecule has 18 heavy (non-hydrogen) atoms. The minimum atomic E-state index is 0.910. The molecule has 2 heteroatoms. The Hall–Kier alpha value is -1.02. The molecule has 0 aromatic heterocycles. The van der Waals surface area contributed by atoms with Crippen molar-refractivity contribution in [2.45, 2.75) is 39.5 Å². The third-order valence-electron chi connectivity index (χ3n) is 4.35. The molecule has 0 saturated carbocycles. The third-order valence-corrected chi connectivity index (χ3v) is 4.35. The van der Waals surface area contributed by atoms with Gasteiger partial charge in [-0.15, -0.1) is 0 Å². The number of hydrogen-bond acceptors (Lipinski definition) is 2. The Morgan fingerprint density at radius 1 is 1.17 bits per heavy atom. The highest BCUT2D eigenvalue weighted by Crippen LogP contribution is 2.26. The molecule has 0 atom stereocenters. The van der Waals surface area contributed by atoms with Crippen molar-refractivity contribution >= 4 is 0 Å². The minimum absolute atomic E-state index is 0.910. The Balaban J connectivity index is 1.98. The van der Waals surface area contributed by atoms with Crippen molar-refractivity contribution in [3.05, 3.63) is 28.8 Å². The first-order valence-corrected chi connectivity index (χ1v) is 7.06. The standard InChI is InChI=1S/C16H25NO/c1-12-13(2)16(18-3)7-6-15(12)5-4-14-8-10-17-11-9-14/h6-7,14,17H,4-5,8-11H2,1-3H3. The van der Waals surface area contributed by atoms with E-state index in [1.165, 1.54) is 55.5 Å². The molecule has 2 rings (SSSR count). The maximum absolute atomic E-state index is 5.37. The lowest BCUT2D eigenvalue weighted by Crippen LogP contribution is -2.27. The van der Waals surface area contributed by atoms with E-state index in [4.69, 9.17) is 4.74 Å². The first-order chi connectivity index (χ1) is 8.72. The van der Waals surface area contributed by atoms with Crippen molar-refractivity contribution in [3.8, 4) is 5.75 Å². The first kappa shape index (κ1) is 13.4. The molecule has 0 aliphatic carbocycles. The van der Waals surface area contributed by atoms with Crippen LogP contribution in [0.15, 0.2) is 12.1 Å². The zero-order valence-corrected chi connectivity index (χ0v) is 11.9. The van der Waals surface area contributed by atoms with Gasteiger partial charge in [-0.1, -0.05) is 6.07 Å². The van der Waals surface area contributed by atoms with Crippen LogP contribution in [-0.4, -0.2) is 20.2 Å². The molecule has 1 aromatic rings. The molecule has 1 saturated heterocycles. The van der Waals surface area contributed by atoms with Crippen LogP contribution in [0.2, 0.25) is 0 Å². The molecule has 1 fully saturated rings. The summed E-state index contributed by atoms with van der Waals surface area (Å²) in [5.74, 6) is 1.92. The number of rotatable bonds is 4. The van der Waals surface area contributed by atoms with E-state index in [1.54, 1.807) is 7.11 Å². The van der Waals surface area contributed by atoms with Crippen LogP contribution in [0.25, 0.3) is 0 Å². The summed E-state index contributed by atoms with van der Waals surface area (Å²) in [5.41, 5.74) is 4.19. The Labute approximate surface area is 111 Å². The first-order valence-electron chi connectivity index (χ1n) is 7.06. The smallest absolute Gasteiger partial charge is 0.122 e. The van der Waals surface area contributed by atoms with E-state index < -0.39 is 0 Å². The summed E-state index contributed by atoms with van der Waals surface area (Å²) in [4.78, 5) is 0. The maximum Gasteiger partial charge on any atom is 0.122 e. The number of benzene rings is 1. The fraction of sp³-hybridized carbons (Fsp3) is 0.625. The van der Waals surface area contributed by atoms with Gasteiger partial charge in [0.05, 0.1) is 7.11 Å². The Morgan fingerprint density at radius 3 is 2.56 bits per heavy atom. The van der Waals surface area contributed by atoms with Gasteiger partial charge in [-0.25, -0.2) is 0 Å². The zero-order chi connectivity index (χ0) is 13.0. The molecule has 0 spiro atoms. The molecule has 1 heterocycles. The van der Waals surface area contributed by atoms with Crippen LogP contribution in [0.3, 0.4) is 0 Å². The van der Waals surface area contributed by atoms with Gasteiger partial charge in [0, 0.05) is 0 Å². The fourth-order valence-electron chi connectivity index (χ4n) is 2.87. The Kier molecular flexibility index (Phi) is 4.65. The number of ether oxygens (including phenoxy) is 1. The van der Waals surface area contributed by atoms with E-state index in [2.05, 4.69) is 31.3 Å². The number of nitrogens with one attached hydrogen (secondary N) is 1. The molecule has 0 bridgehead atoms. The van der Waals surface area contributed by atoms with Crippen LogP contribution < -0.4 is 10.1 Å².